The van der Waals surface area contributed by atoms with Gasteiger partial charge in [0.05, 0.1) is 15.9 Å². The lowest BCUT2D eigenvalue weighted by Gasteiger charge is -2.28. The first-order valence-electron chi connectivity index (χ1n) is 18.0. The molecule has 0 radical (unpaired) electrons. The van der Waals surface area contributed by atoms with E-state index >= 15 is 0 Å². The predicted octanol–water partition coefficient (Wildman–Crippen LogP) is 14.3. The molecule has 0 spiro atoms. The van der Waals surface area contributed by atoms with E-state index < -0.39 is 0 Å². The van der Waals surface area contributed by atoms with Gasteiger partial charge >= 0.3 is 0 Å². The first-order valence-corrected chi connectivity index (χ1v) is 18.8. The molecule has 2 nitrogen and oxygen atoms in total. The molecule has 52 heavy (non-hydrogen) atoms. The van der Waals surface area contributed by atoms with Crippen molar-refractivity contribution in [2.24, 2.45) is 0 Å². The highest BCUT2D eigenvalue weighted by Gasteiger charge is 2.36. The second kappa shape index (κ2) is 10.9. The van der Waals surface area contributed by atoms with Crippen LogP contribution in [-0.2, 0) is 5.41 Å². The lowest BCUT2D eigenvalue weighted by atomic mass is 9.82. The molecule has 0 saturated heterocycles. The van der Waals surface area contributed by atoms with E-state index in [1.165, 1.54) is 97.5 Å². The van der Waals surface area contributed by atoms with Crippen LogP contribution in [0.2, 0.25) is 0 Å². The van der Waals surface area contributed by atoms with Crippen LogP contribution in [0.15, 0.2) is 164 Å². The Labute approximate surface area is 306 Å². The molecule has 0 atom stereocenters. The van der Waals surface area contributed by atoms with Gasteiger partial charge in [0, 0.05) is 53.9 Å². The third-order valence-electron chi connectivity index (χ3n) is 11.4. The topological polar surface area (TPSA) is 19.0 Å². The Kier molecular flexibility index (Phi) is 6.21. The van der Waals surface area contributed by atoms with Crippen LogP contribution in [0.5, 0.6) is 0 Å². The average Bonchev–Trinajstić information content (AvgIpc) is 3.85. The van der Waals surface area contributed by atoms with Crippen molar-refractivity contribution in [1.29, 1.82) is 0 Å². The van der Waals surface area contributed by atoms with Gasteiger partial charge in [-0.3, -0.25) is 0 Å². The van der Waals surface area contributed by atoms with E-state index in [0.29, 0.717) is 0 Å². The summed E-state index contributed by atoms with van der Waals surface area (Å²) in [6.07, 6.45) is 0. The van der Waals surface area contributed by atoms with Crippen LogP contribution in [0.25, 0.3) is 75.0 Å². The molecule has 11 rings (SSSR count). The van der Waals surface area contributed by atoms with Gasteiger partial charge < -0.3 is 9.88 Å². The van der Waals surface area contributed by atoms with Gasteiger partial charge in [0.2, 0.25) is 0 Å². The van der Waals surface area contributed by atoms with Crippen molar-refractivity contribution in [2.45, 2.75) is 19.3 Å². The van der Waals surface area contributed by atoms with Crippen molar-refractivity contribution in [3.05, 3.63) is 175 Å². The van der Waals surface area contributed by atoms with Gasteiger partial charge in [-0.05, 0) is 75.2 Å². The Hall–Kier alpha value is -6.16. The minimum atomic E-state index is -0.103. The Morgan fingerprint density at radius 3 is 1.98 bits per heavy atom. The van der Waals surface area contributed by atoms with Gasteiger partial charge in [-0.25, -0.2) is 0 Å². The normalized spacial score (nSPS) is 13.3. The van der Waals surface area contributed by atoms with Crippen molar-refractivity contribution >= 4 is 81.1 Å². The monoisotopic (exact) mass is 682 g/mol. The van der Waals surface area contributed by atoms with Gasteiger partial charge in [-0.1, -0.05) is 141 Å². The highest BCUT2D eigenvalue weighted by atomic mass is 32.1. The number of hydrogen-bond donors (Lipinski definition) is 1. The van der Waals surface area contributed by atoms with Crippen molar-refractivity contribution in [2.75, 3.05) is 4.90 Å². The SMILES string of the molecule is CC1(C)c2ccccc2-c2ccc(N(c3ccc(-c4ccccc4)cc3)c3cccc4c3sc3c4c4ccccc4c4[nH]c5ccccc5c43)cc21. The fraction of sp³-hybridized carbons (Fsp3) is 0.0612. The standard InChI is InChI=1S/C49H34N2S/c1-49(2)40-20-10-8-15-34(40)35-28-27-33(29-41(35)49)51(32-25-23-31(24-26-32)30-13-4-3-5-14-30)43-22-12-19-39-44-36-16-6-7-17-37(36)46-45(48(44)52-47(39)43)38-18-9-11-21-42(38)50-46/h3-29,50H,1-2H3. The van der Waals surface area contributed by atoms with E-state index in [-0.39, 0.29) is 5.41 Å². The number of thiophene rings is 1. The minimum Gasteiger partial charge on any atom is -0.354 e. The summed E-state index contributed by atoms with van der Waals surface area (Å²) in [5.41, 5.74) is 13.6. The molecule has 0 unspecified atom stereocenters. The molecule has 1 aliphatic rings. The third kappa shape index (κ3) is 4.11. The molecule has 246 valence electrons. The van der Waals surface area contributed by atoms with E-state index in [1.807, 2.05) is 11.3 Å². The van der Waals surface area contributed by atoms with E-state index in [9.17, 15) is 0 Å². The number of hydrogen-bond acceptors (Lipinski definition) is 2. The summed E-state index contributed by atoms with van der Waals surface area (Å²) in [6, 6.07) is 60.3. The quantitative estimate of drug-likeness (QED) is 0.196. The molecule has 8 aromatic carbocycles. The Morgan fingerprint density at radius 1 is 0.481 bits per heavy atom. The van der Waals surface area contributed by atoms with Crippen LogP contribution in [0.1, 0.15) is 25.0 Å². The first-order chi connectivity index (χ1) is 25.6. The third-order valence-corrected chi connectivity index (χ3v) is 12.6. The predicted molar refractivity (Wildman–Crippen MR) is 224 cm³/mol. The Balaban J connectivity index is 1.20. The van der Waals surface area contributed by atoms with E-state index in [2.05, 4.69) is 188 Å². The van der Waals surface area contributed by atoms with Crippen molar-refractivity contribution in [3.63, 3.8) is 0 Å². The maximum Gasteiger partial charge on any atom is 0.0640 e. The maximum absolute atomic E-state index is 3.80. The second-order valence-corrected chi connectivity index (χ2v) is 15.6. The molecule has 0 amide bonds. The van der Waals surface area contributed by atoms with Crippen LogP contribution in [-0.4, -0.2) is 4.98 Å². The fourth-order valence-corrected chi connectivity index (χ4v) is 10.3. The van der Waals surface area contributed by atoms with Crippen molar-refractivity contribution < 1.29 is 0 Å². The number of nitrogens with zero attached hydrogens (tertiary/aromatic N) is 1. The van der Waals surface area contributed by atoms with E-state index in [4.69, 9.17) is 0 Å². The molecule has 0 aliphatic heterocycles. The Bertz CT molecular complexity index is 3040. The van der Waals surface area contributed by atoms with Crippen LogP contribution < -0.4 is 4.90 Å². The molecule has 2 aromatic heterocycles. The van der Waals surface area contributed by atoms with E-state index in [0.717, 1.165) is 5.69 Å². The number of aromatic nitrogens is 1. The molecular weight excluding hydrogens is 649 g/mol. The van der Waals surface area contributed by atoms with Crippen molar-refractivity contribution in [3.8, 4) is 22.3 Å². The number of benzene rings is 8. The highest BCUT2D eigenvalue weighted by Crippen LogP contribution is 2.53. The van der Waals surface area contributed by atoms with Gasteiger partial charge in [-0.15, -0.1) is 11.3 Å². The zero-order valence-corrected chi connectivity index (χ0v) is 29.8. The van der Waals surface area contributed by atoms with Crippen molar-refractivity contribution in [1.82, 2.24) is 4.98 Å². The van der Waals surface area contributed by atoms with Gasteiger partial charge in [-0.2, -0.15) is 0 Å². The molecular formula is C49H34N2S. The second-order valence-electron chi connectivity index (χ2n) is 14.6. The smallest absolute Gasteiger partial charge is 0.0640 e. The molecule has 10 aromatic rings. The van der Waals surface area contributed by atoms with Crippen LogP contribution in [0.3, 0.4) is 0 Å². The molecule has 0 fully saturated rings. The number of aromatic amines is 1. The summed E-state index contributed by atoms with van der Waals surface area (Å²) < 4.78 is 2.62. The maximum atomic E-state index is 3.80. The zero-order chi connectivity index (χ0) is 34.6. The van der Waals surface area contributed by atoms with Gasteiger partial charge in [0.1, 0.15) is 0 Å². The first kappa shape index (κ1) is 29.6. The largest absolute Gasteiger partial charge is 0.354 e. The summed E-state index contributed by atoms with van der Waals surface area (Å²) in [5.74, 6) is 0. The number of H-pyrrole nitrogens is 1. The number of fused-ring (bicyclic) bond motifs is 13. The van der Waals surface area contributed by atoms with E-state index in [1.54, 1.807) is 0 Å². The summed E-state index contributed by atoms with van der Waals surface area (Å²) in [6.45, 7) is 4.73. The number of para-hydroxylation sites is 1. The molecule has 1 aliphatic carbocycles. The lowest BCUT2D eigenvalue weighted by molar-refractivity contribution is 0.660. The molecule has 0 bridgehead atoms. The summed E-state index contributed by atoms with van der Waals surface area (Å²) in [7, 11) is 0. The van der Waals surface area contributed by atoms with Gasteiger partial charge in [0.15, 0.2) is 0 Å². The summed E-state index contributed by atoms with van der Waals surface area (Å²) in [4.78, 5) is 6.29. The lowest BCUT2D eigenvalue weighted by Crippen LogP contribution is -2.16. The number of nitrogens with one attached hydrogen (secondary N) is 1. The molecule has 1 N–H and O–H groups in total. The van der Waals surface area contributed by atoms with Crippen LogP contribution in [0.4, 0.5) is 17.1 Å². The Morgan fingerprint density at radius 2 is 1.13 bits per heavy atom. The van der Waals surface area contributed by atoms with Crippen LogP contribution >= 0.6 is 11.3 Å². The molecule has 3 heteroatoms. The van der Waals surface area contributed by atoms with Crippen LogP contribution in [0, 0.1) is 0 Å². The number of rotatable bonds is 4. The van der Waals surface area contributed by atoms with Gasteiger partial charge in [0.25, 0.3) is 0 Å². The minimum absolute atomic E-state index is 0.103. The summed E-state index contributed by atoms with van der Waals surface area (Å²) >= 11 is 1.92. The fourth-order valence-electron chi connectivity index (χ4n) is 8.91. The zero-order valence-electron chi connectivity index (χ0n) is 28.9. The summed E-state index contributed by atoms with van der Waals surface area (Å²) in [5, 5.41) is 7.76. The number of anilines is 3. The highest BCUT2D eigenvalue weighted by molar-refractivity contribution is 7.27. The average molecular weight is 683 g/mol. The molecule has 2 heterocycles. The molecule has 0 saturated carbocycles.